The molecule has 3 heteroatoms. The Kier molecular flexibility index (Phi) is 5.38. The van der Waals surface area contributed by atoms with E-state index in [1.807, 2.05) is 23.6 Å². The summed E-state index contributed by atoms with van der Waals surface area (Å²) in [4.78, 5) is 9.31. The first-order chi connectivity index (χ1) is 16.9. The van der Waals surface area contributed by atoms with Gasteiger partial charge in [0.25, 0.3) is 0 Å². The van der Waals surface area contributed by atoms with Crippen molar-refractivity contribution in [3.63, 3.8) is 0 Å². The van der Waals surface area contributed by atoms with Crippen LogP contribution in [0.5, 0.6) is 0 Å². The highest BCUT2D eigenvalue weighted by molar-refractivity contribution is 7.18. The van der Waals surface area contributed by atoms with Crippen molar-refractivity contribution in [3.8, 4) is 20.9 Å². The molecule has 2 nitrogen and oxygen atoms in total. The van der Waals surface area contributed by atoms with Crippen molar-refractivity contribution in [2.75, 3.05) is 4.90 Å². The summed E-state index contributed by atoms with van der Waals surface area (Å²) in [6, 6.07) is 44.7. The van der Waals surface area contributed by atoms with Crippen LogP contribution in [-0.4, -0.2) is 4.98 Å². The van der Waals surface area contributed by atoms with Gasteiger partial charge in [0.1, 0.15) is 0 Å². The number of anilines is 3. The number of rotatable bonds is 5. The van der Waals surface area contributed by atoms with Crippen molar-refractivity contribution in [2.45, 2.75) is 0 Å². The first-order valence-electron chi connectivity index (χ1n) is 11.3. The molecular formula is C31H22N2S. The normalized spacial score (nSPS) is 10.9. The third-order valence-electron chi connectivity index (χ3n) is 5.96. The molecule has 0 bridgehead atoms. The average molecular weight is 455 g/mol. The number of pyridine rings is 1. The Bertz CT molecular complexity index is 1490. The third-order valence-corrected chi connectivity index (χ3v) is 7.13. The summed E-state index contributed by atoms with van der Waals surface area (Å²) in [5.74, 6) is 0. The molecule has 0 fully saturated rings. The number of fused-ring (bicyclic) bond motifs is 1. The molecule has 0 aliphatic rings. The number of thiophene rings is 1. The lowest BCUT2D eigenvalue weighted by Gasteiger charge is -2.25. The SMILES string of the molecule is c1ccc(N(c2ccccc2)c2ccc(-c3ccc(-c4ccnc5ccccc45)s3)cc2)cc1. The highest BCUT2D eigenvalue weighted by Crippen LogP contribution is 2.39. The number of hydrogen-bond donors (Lipinski definition) is 0. The van der Waals surface area contributed by atoms with Gasteiger partial charge in [-0.2, -0.15) is 0 Å². The van der Waals surface area contributed by atoms with Gasteiger partial charge in [0.05, 0.1) is 5.52 Å². The lowest BCUT2D eigenvalue weighted by atomic mass is 10.1. The van der Waals surface area contributed by atoms with Crippen LogP contribution in [0.3, 0.4) is 0 Å². The maximum atomic E-state index is 4.51. The zero-order valence-electron chi connectivity index (χ0n) is 18.5. The summed E-state index contributed by atoms with van der Waals surface area (Å²) >= 11 is 1.82. The minimum absolute atomic E-state index is 1.03. The van der Waals surface area contributed by atoms with Gasteiger partial charge in [0, 0.05) is 44.0 Å². The van der Waals surface area contributed by atoms with Crippen LogP contribution in [0.4, 0.5) is 17.1 Å². The molecule has 0 N–H and O–H groups in total. The molecule has 2 heterocycles. The van der Waals surface area contributed by atoms with E-state index < -0.39 is 0 Å². The second kappa shape index (κ2) is 8.97. The Labute approximate surface area is 203 Å². The largest absolute Gasteiger partial charge is 0.311 e. The van der Waals surface area contributed by atoms with Crippen LogP contribution in [0.2, 0.25) is 0 Å². The average Bonchev–Trinajstić information content (AvgIpc) is 3.40. The predicted molar refractivity (Wildman–Crippen MR) is 145 cm³/mol. The molecular weight excluding hydrogens is 432 g/mol. The Morgan fingerprint density at radius 2 is 1.09 bits per heavy atom. The molecule has 0 saturated heterocycles. The highest BCUT2D eigenvalue weighted by atomic mass is 32.1. The van der Waals surface area contributed by atoms with Gasteiger partial charge in [-0.3, -0.25) is 4.98 Å². The van der Waals surface area contributed by atoms with E-state index in [4.69, 9.17) is 0 Å². The number of para-hydroxylation sites is 3. The van der Waals surface area contributed by atoms with Gasteiger partial charge in [-0.15, -0.1) is 11.3 Å². The van der Waals surface area contributed by atoms with E-state index in [-0.39, 0.29) is 0 Å². The van der Waals surface area contributed by atoms with E-state index in [0.29, 0.717) is 0 Å². The topological polar surface area (TPSA) is 16.1 Å². The molecule has 0 aliphatic carbocycles. The van der Waals surface area contributed by atoms with Crippen LogP contribution in [0, 0.1) is 0 Å². The molecule has 4 aromatic carbocycles. The Morgan fingerprint density at radius 1 is 0.500 bits per heavy atom. The first-order valence-corrected chi connectivity index (χ1v) is 12.1. The summed E-state index contributed by atoms with van der Waals surface area (Å²) < 4.78 is 0. The van der Waals surface area contributed by atoms with E-state index >= 15 is 0 Å². The van der Waals surface area contributed by atoms with Crippen molar-refractivity contribution in [1.29, 1.82) is 0 Å². The van der Waals surface area contributed by atoms with E-state index in [9.17, 15) is 0 Å². The number of aromatic nitrogens is 1. The van der Waals surface area contributed by atoms with Crippen LogP contribution < -0.4 is 4.90 Å². The summed E-state index contributed by atoms with van der Waals surface area (Å²) in [6.45, 7) is 0. The van der Waals surface area contributed by atoms with Crippen molar-refractivity contribution >= 4 is 39.3 Å². The van der Waals surface area contributed by atoms with E-state index in [2.05, 4.69) is 131 Å². The monoisotopic (exact) mass is 454 g/mol. The molecule has 0 unspecified atom stereocenters. The van der Waals surface area contributed by atoms with Gasteiger partial charge in [0.15, 0.2) is 0 Å². The molecule has 34 heavy (non-hydrogen) atoms. The quantitative estimate of drug-likeness (QED) is 0.258. The molecule has 0 amide bonds. The molecule has 0 saturated carbocycles. The molecule has 162 valence electrons. The van der Waals surface area contributed by atoms with Crippen molar-refractivity contribution in [1.82, 2.24) is 4.98 Å². The molecule has 2 aromatic heterocycles. The van der Waals surface area contributed by atoms with Gasteiger partial charge >= 0.3 is 0 Å². The fourth-order valence-corrected chi connectivity index (χ4v) is 5.38. The molecule has 6 rings (SSSR count). The van der Waals surface area contributed by atoms with Gasteiger partial charge in [0.2, 0.25) is 0 Å². The second-order valence-electron chi connectivity index (χ2n) is 8.09. The van der Waals surface area contributed by atoms with Crippen LogP contribution in [0.25, 0.3) is 31.8 Å². The van der Waals surface area contributed by atoms with Crippen molar-refractivity contribution < 1.29 is 0 Å². The summed E-state index contributed by atoms with van der Waals surface area (Å²) in [6.07, 6.45) is 1.90. The Hall–Kier alpha value is -4.21. The van der Waals surface area contributed by atoms with E-state index in [0.717, 1.165) is 22.6 Å². The fourth-order valence-electron chi connectivity index (χ4n) is 4.32. The molecule has 0 atom stereocenters. The fraction of sp³-hybridized carbons (Fsp3) is 0. The van der Waals surface area contributed by atoms with E-state index in [1.165, 1.54) is 26.3 Å². The van der Waals surface area contributed by atoms with Gasteiger partial charge in [-0.05, 0) is 66.2 Å². The first kappa shape index (κ1) is 20.4. The Balaban J connectivity index is 1.35. The number of nitrogens with zero attached hydrogens (tertiary/aromatic N) is 2. The molecule has 0 radical (unpaired) electrons. The van der Waals surface area contributed by atoms with Crippen LogP contribution in [-0.2, 0) is 0 Å². The zero-order chi connectivity index (χ0) is 22.7. The maximum Gasteiger partial charge on any atom is 0.0708 e. The summed E-state index contributed by atoms with van der Waals surface area (Å²) in [5.41, 5.74) is 6.91. The molecule has 0 aliphatic heterocycles. The van der Waals surface area contributed by atoms with Gasteiger partial charge < -0.3 is 4.90 Å². The predicted octanol–water partition coefficient (Wildman–Crippen LogP) is 9.10. The minimum atomic E-state index is 1.03. The second-order valence-corrected chi connectivity index (χ2v) is 9.18. The van der Waals surface area contributed by atoms with E-state index in [1.54, 1.807) is 0 Å². The zero-order valence-corrected chi connectivity index (χ0v) is 19.3. The lowest BCUT2D eigenvalue weighted by Crippen LogP contribution is -2.09. The van der Waals surface area contributed by atoms with Crippen molar-refractivity contribution in [3.05, 3.63) is 134 Å². The van der Waals surface area contributed by atoms with Crippen molar-refractivity contribution in [2.24, 2.45) is 0 Å². The number of hydrogen-bond acceptors (Lipinski definition) is 3. The van der Waals surface area contributed by atoms with Crippen LogP contribution in [0.15, 0.2) is 134 Å². The molecule has 0 spiro atoms. The maximum absolute atomic E-state index is 4.51. The van der Waals surface area contributed by atoms with Gasteiger partial charge in [-0.1, -0.05) is 66.7 Å². The summed E-state index contributed by atoms with van der Waals surface area (Å²) in [7, 11) is 0. The number of benzene rings is 4. The van der Waals surface area contributed by atoms with Crippen LogP contribution >= 0.6 is 11.3 Å². The lowest BCUT2D eigenvalue weighted by molar-refractivity contribution is 1.28. The summed E-state index contributed by atoms with van der Waals surface area (Å²) in [5, 5.41) is 1.19. The molecule has 6 aromatic rings. The van der Waals surface area contributed by atoms with Gasteiger partial charge in [-0.25, -0.2) is 0 Å². The minimum Gasteiger partial charge on any atom is -0.311 e. The highest BCUT2D eigenvalue weighted by Gasteiger charge is 2.13. The van der Waals surface area contributed by atoms with Crippen LogP contribution in [0.1, 0.15) is 0 Å². The smallest absolute Gasteiger partial charge is 0.0708 e. The third kappa shape index (κ3) is 3.87. The Morgan fingerprint density at radius 3 is 1.79 bits per heavy atom. The standard InChI is InChI=1S/C31H22N2S/c1-3-9-24(10-4-1)33(25-11-5-2-6-12-25)26-17-15-23(16-18-26)30-19-20-31(34-30)28-21-22-32-29-14-8-7-13-27(28)29/h1-22H.